The summed E-state index contributed by atoms with van der Waals surface area (Å²) in [6, 6.07) is 8.72. The van der Waals surface area contributed by atoms with Crippen molar-refractivity contribution in [3.8, 4) is 0 Å². The highest BCUT2D eigenvalue weighted by atomic mass is 35.5. The normalized spacial score (nSPS) is 10.5. The first kappa shape index (κ1) is 15.4. The number of carbonyl (C=O) groups is 1. The van der Waals surface area contributed by atoms with E-state index in [0.717, 1.165) is 0 Å². The largest absolute Gasteiger partial charge is 0.337 e. The van der Waals surface area contributed by atoms with Gasteiger partial charge in [0.2, 0.25) is 0 Å². The van der Waals surface area contributed by atoms with Gasteiger partial charge >= 0.3 is 0 Å². The molecule has 0 N–H and O–H groups in total. The predicted molar refractivity (Wildman–Crippen MR) is 78.3 cm³/mol. The summed E-state index contributed by atoms with van der Waals surface area (Å²) in [6.45, 7) is 1.89. The van der Waals surface area contributed by atoms with Gasteiger partial charge in [-0.3, -0.25) is 4.79 Å². The molecule has 0 spiro atoms. The SMILES string of the molecule is Cc1cccc(F)c1C(=O)N(C)Cc1ccc(F)c(Cl)c1. The van der Waals surface area contributed by atoms with E-state index in [0.29, 0.717) is 11.1 Å². The van der Waals surface area contributed by atoms with E-state index in [1.807, 2.05) is 0 Å². The molecular weight excluding hydrogens is 296 g/mol. The van der Waals surface area contributed by atoms with Gasteiger partial charge in [-0.15, -0.1) is 0 Å². The molecule has 110 valence electrons. The Morgan fingerprint density at radius 3 is 2.52 bits per heavy atom. The van der Waals surface area contributed by atoms with E-state index in [2.05, 4.69) is 0 Å². The van der Waals surface area contributed by atoms with Crippen LogP contribution < -0.4 is 0 Å². The molecule has 0 bridgehead atoms. The monoisotopic (exact) mass is 309 g/mol. The van der Waals surface area contributed by atoms with Gasteiger partial charge in [0.25, 0.3) is 5.91 Å². The van der Waals surface area contributed by atoms with Gasteiger partial charge in [0, 0.05) is 13.6 Å². The van der Waals surface area contributed by atoms with Gasteiger partial charge in [-0.2, -0.15) is 0 Å². The zero-order chi connectivity index (χ0) is 15.6. The third-order valence-corrected chi connectivity index (χ3v) is 3.48. The first-order valence-corrected chi connectivity index (χ1v) is 6.72. The second-order valence-corrected chi connectivity index (χ2v) is 5.25. The van der Waals surface area contributed by atoms with E-state index in [-0.39, 0.29) is 17.1 Å². The van der Waals surface area contributed by atoms with Crippen molar-refractivity contribution in [2.45, 2.75) is 13.5 Å². The summed E-state index contributed by atoms with van der Waals surface area (Å²) < 4.78 is 26.9. The van der Waals surface area contributed by atoms with Crippen LogP contribution in [0.1, 0.15) is 21.5 Å². The molecule has 21 heavy (non-hydrogen) atoms. The molecular formula is C16H14ClF2NO. The summed E-state index contributed by atoms with van der Waals surface area (Å²) in [5, 5.41) is -0.00424. The highest BCUT2D eigenvalue weighted by Crippen LogP contribution is 2.19. The highest BCUT2D eigenvalue weighted by Gasteiger charge is 2.18. The van der Waals surface area contributed by atoms with Crippen LogP contribution in [0.5, 0.6) is 0 Å². The zero-order valence-corrected chi connectivity index (χ0v) is 12.4. The van der Waals surface area contributed by atoms with Gasteiger partial charge in [-0.1, -0.05) is 29.8 Å². The van der Waals surface area contributed by atoms with E-state index in [9.17, 15) is 13.6 Å². The maximum Gasteiger partial charge on any atom is 0.257 e. The molecule has 0 radical (unpaired) electrons. The molecule has 0 saturated carbocycles. The molecule has 0 fully saturated rings. The van der Waals surface area contributed by atoms with Crippen molar-refractivity contribution in [1.82, 2.24) is 4.90 Å². The maximum absolute atomic E-state index is 13.8. The number of nitrogens with zero attached hydrogens (tertiary/aromatic N) is 1. The van der Waals surface area contributed by atoms with Crippen molar-refractivity contribution in [3.05, 3.63) is 69.7 Å². The molecule has 0 saturated heterocycles. The van der Waals surface area contributed by atoms with Crippen LogP contribution in [0.3, 0.4) is 0 Å². The second-order valence-electron chi connectivity index (χ2n) is 4.84. The number of aryl methyl sites for hydroxylation is 1. The van der Waals surface area contributed by atoms with Crippen molar-refractivity contribution in [1.29, 1.82) is 0 Å². The minimum absolute atomic E-state index is 0.00424. The van der Waals surface area contributed by atoms with Crippen molar-refractivity contribution >= 4 is 17.5 Å². The van der Waals surface area contributed by atoms with Crippen molar-refractivity contribution in [3.63, 3.8) is 0 Å². The number of hydrogen-bond donors (Lipinski definition) is 0. The predicted octanol–water partition coefficient (Wildman–Crippen LogP) is 4.20. The van der Waals surface area contributed by atoms with Crippen LogP contribution in [0.15, 0.2) is 36.4 Å². The Morgan fingerprint density at radius 1 is 1.19 bits per heavy atom. The van der Waals surface area contributed by atoms with E-state index >= 15 is 0 Å². The summed E-state index contributed by atoms with van der Waals surface area (Å²) in [5.41, 5.74) is 1.29. The lowest BCUT2D eigenvalue weighted by atomic mass is 10.1. The quantitative estimate of drug-likeness (QED) is 0.832. The molecule has 2 rings (SSSR count). The van der Waals surface area contributed by atoms with Gasteiger partial charge in [-0.25, -0.2) is 8.78 Å². The zero-order valence-electron chi connectivity index (χ0n) is 11.7. The van der Waals surface area contributed by atoms with Gasteiger partial charge in [0.1, 0.15) is 11.6 Å². The van der Waals surface area contributed by atoms with E-state index in [1.54, 1.807) is 32.2 Å². The van der Waals surface area contributed by atoms with Crippen molar-refractivity contribution in [2.75, 3.05) is 7.05 Å². The average Bonchev–Trinajstić information content (AvgIpc) is 2.42. The number of halogens is 3. The molecule has 2 nitrogen and oxygen atoms in total. The van der Waals surface area contributed by atoms with Crippen LogP contribution in [0.4, 0.5) is 8.78 Å². The third-order valence-electron chi connectivity index (χ3n) is 3.19. The number of hydrogen-bond acceptors (Lipinski definition) is 1. The minimum Gasteiger partial charge on any atom is -0.337 e. The standard InChI is InChI=1S/C16H14ClF2NO/c1-10-4-3-5-14(19)15(10)16(21)20(2)9-11-6-7-13(18)12(17)8-11/h3-8H,9H2,1-2H3. The highest BCUT2D eigenvalue weighted by molar-refractivity contribution is 6.30. The molecule has 0 aromatic heterocycles. The van der Waals surface area contributed by atoms with Gasteiger partial charge in [0.05, 0.1) is 10.6 Å². The van der Waals surface area contributed by atoms with Crippen LogP contribution in [-0.4, -0.2) is 17.9 Å². The molecule has 2 aromatic rings. The molecule has 0 aliphatic carbocycles. The van der Waals surface area contributed by atoms with Gasteiger partial charge in [0.15, 0.2) is 0 Å². The number of rotatable bonds is 3. The summed E-state index contributed by atoms with van der Waals surface area (Å²) in [5.74, 6) is -1.49. The van der Waals surface area contributed by atoms with Gasteiger partial charge in [-0.05, 0) is 36.2 Å². The Kier molecular flexibility index (Phi) is 4.58. The maximum atomic E-state index is 13.8. The lowest BCUT2D eigenvalue weighted by Gasteiger charge is -2.19. The average molecular weight is 310 g/mol. The van der Waals surface area contributed by atoms with Crippen LogP contribution in [0, 0.1) is 18.6 Å². The first-order valence-electron chi connectivity index (χ1n) is 6.34. The van der Waals surface area contributed by atoms with Gasteiger partial charge < -0.3 is 4.90 Å². The fraction of sp³-hybridized carbons (Fsp3) is 0.188. The Labute approximate surface area is 127 Å². The van der Waals surface area contributed by atoms with E-state index in [4.69, 9.17) is 11.6 Å². The van der Waals surface area contributed by atoms with E-state index in [1.165, 1.54) is 23.1 Å². The minimum atomic E-state index is -0.552. The van der Waals surface area contributed by atoms with Crippen molar-refractivity contribution < 1.29 is 13.6 Å². The fourth-order valence-electron chi connectivity index (χ4n) is 2.08. The molecule has 0 atom stereocenters. The molecule has 0 aliphatic rings. The molecule has 0 aliphatic heterocycles. The molecule has 0 heterocycles. The number of carbonyl (C=O) groups excluding carboxylic acids is 1. The Morgan fingerprint density at radius 2 is 1.90 bits per heavy atom. The van der Waals surface area contributed by atoms with Crippen LogP contribution in [0.25, 0.3) is 0 Å². The second kappa shape index (κ2) is 6.22. The topological polar surface area (TPSA) is 20.3 Å². The number of amides is 1. The smallest absolute Gasteiger partial charge is 0.257 e. The lowest BCUT2D eigenvalue weighted by Crippen LogP contribution is -2.27. The van der Waals surface area contributed by atoms with Crippen LogP contribution in [-0.2, 0) is 6.54 Å². The first-order chi connectivity index (χ1) is 9.90. The Balaban J connectivity index is 2.21. The Hall–Kier alpha value is -1.94. The van der Waals surface area contributed by atoms with Crippen LogP contribution >= 0.6 is 11.6 Å². The molecule has 1 amide bonds. The van der Waals surface area contributed by atoms with Crippen LogP contribution in [0.2, 0.25) is 5.02 Å². The fourth-order valence-corrected chi connectivity index (χ4v) is 2.28. The third kappa shape index (κ3) is 3.39. The molecule has 0 unspecified atom stereocenters. The summed E-state index contributed by atoms with van der Waals surface area (Å²) in [7, 11) is 1.56. The Bertz CT molecular complexity index is 668. The van der Waals surface area contributed by atoms with E-state index < -0.39 is 17.5 Å². The molecule has 5 heteroatoms. The number of benzene rings is 2. The molecule has 2 aromatic carbocycles. The lowest BCUT2D eigenvalue weighted by molar-refractivity contribution is 0.0779. The van der Waals surface area contributed by atoms with Crippen molar-refractivity contribution in [2.24, 2.45) is 0 Å². The summed E-state index contributed by atoms with van der Waals surface area (Å²) in [6.07, 6.45) is 0. The summed E-state index contributed by atoms with van der Waals surface area (Å²) >= 11 is 5.71. The summed E-state index contributed by atoms with van der Waals surface area (Å²) in [4.78, 5) is 13.7.